The maximum absolute atomic E-state index is 13.1. The minimum absolute atomic E-state index is 0.0850. The van der Waals surface area contributed by atoms with Crippen LogP contribution in [0.1, 0.15) is 44.6 Å². The molecule has 2 saturated heterocycles. The van der Waals surface area contributed by atoms with Crippen molar-refractivity contribution in [1.29, 1.82) is 0 Å². The molecule has 0 unspecified atom stereocenters. The van der Waals surface area contributed by atoms with E-state index in [4.69, 9.17) is 0 Å². The lowest BCUT2D eigenvalue weighted by Gasteiger charge is -2.39. The molecule has 3 fully saturated rings. The highest BCUT2D eigenvalue weighted by atomic mass is 16.2. The van der Waals surface area contributed by atoms with Crippen LogP contribution in [0.5, 0.6) is 0 Å². The zero-order valence-electron chi connectivity index (χ0n) is 15.7. The van der Waals surface area contributed by atoms with E-state index in [0.717, 1.165) is 50.4 Å². The highest BCUT2D eigenvalue weighted by molar-refractivity contribution is 5.91. The number of rotatable bonds is 4. The Morgan fingerprint density at radius 2 is 1.96 bits per heavy atom. The van der Waals surface area contributed by atoms with Crippen LogP contribution in [-0.2, 0) is 11.2 Å². The number of hydrogen-bond acceptors (Lipinski definition) is 2. The minimum atomic E-state index is -0.337. The topological polar surface area (TPSA) is 52.7 Å². The van der Waals surface area contributed by atoms with Crippen molar-refractivity contribution in [3.63, 3.8) is 0 Å². The average molecular weight is 355 g/mol. The third-order valence-electron chi connectivity index (χ3n) is 6.25. The van der Waals surface area contributed by atoms with E-state index in [-0.39, 0.29) is 11.4 Å². The summed E-state index contributed by atoms with van der Waals surface area (Å²) >= 11 is 0. The molecule has 1 aromatic carbocycles. The molecule has 4 rings (SSSR count). The quantitative estimate of drug-likeness (QED) is 0.899. The Balaban J connectivity index is 1.38. The summed E-state index contributed by atoms with van der Waals surface area (Å²) in [6.07, 6.45) is 6.30. The van der Waals surface area contributed by atoms with Gasteiger partial charge in [-0.3, -0.25) is 4.79 Å². The van der Waals surface area contributed by atoms with E-state index in [9.17, 15) is 9.59 Å². The Bertz CT molecular complexity index is 683. The summed E-state index contributed by atoms with van der Waals surface area (Å²) in [5.74, 6) is 1.01. The lowest BCUT2D eigenvalue weighted by molar-refractivity contribution is -0.145. The maximum atomic E-state index is 13.1. The van der Waals surface area contributed by atoms with E-state index in [1.165, 1.54) is 18.4 Å². The van der Waals surface area contributed by atoms with Gasteiger partial charge in [0.2, 0.25) is 5.91 Å². The second-order valence-electron chi connectivity index (χ2n) is 8.23. The summed E-state index contributed by atoms with van der Waals surface area (Å²) in [6.45, 7) is 5.17. The molecule has 26 heavy (non-hydrogen) atoms. The van der Waals surface area contributed by atoms with Crippen LogP contribution < -0.4 is 5.32 Å². The number of carbonyl (C=O) groups excluding carboxylic acids is 2. The van der Waals surface area contributed by atoms with Crippen LogP contribution in [0.15, 0.2) is 24.3 Å². The monoisotopic (exact) mass is 355 g/mol. The van der Waals surface area contributed by atoms with Gasteiger partial charge in [0.15, 0.2) is 0 Å². The van der Waals surface area contributed by atoms with Crippen molar-refractivity contribution in [1.82, 2.24) is 9.80 Å². The molecule has 0 radical (unpaired) electrons. The van der Waals surface area contributed by atoms with Gasteiger partial charge in [-0.25, -0.2) is 4.79 Å². The number of amides is 3. The van der Waals surface area contributed by atoms with Crippen LogP contribution in [0.4, 0.5) is 10.5 Å². The molecule has 5 heteroatoms. The maximum Gasteiger partial charge on any atom is 0.321 e. The van der Waals surface area contributed by atoms with Crippen molar-refractivity contribution in [3.8, 4) is 0 Å². The second kappa shape index (κ2) is 6.93. The predicted molar refractivity (Wildman–Crippen MR) is 102 cm³/mol. The normalized spacial score (nSPS) is 25.8. The molecule has 1 N–H and O–H groups in total. The van der Waals surface area contributed by atoms with Crippen molar-refractivity contribution in [2.24, 2.45) is 11.3 Å². The fourth-order valence-electron chi connectivity index (χ4n) is 4.39. The lowest BCUT2D eigenvalue weighted by atomic mass is 9.78. The van der Waals surface area contributed by atoms with Crippen LogP contribution in [0.3, 0.4) is 0 Å². The Kier molecular flexibility index (Phi) is 4.63. The van der Waals surface area contributed by atoms with Gasteiger partial charge in [0, 0.05) is 31.9 Å². The molecular weight excluding hydrogens is 326 g/mol. The summed E-state index contributed by atoms with van der Waals surface area (Å²) < 4.78 is 0. The number of nitrogens with one attached hydrogen (secondary N) is 1. The number of urea groups is 1. The van der Waals surface area contributed by atoms with Gasteiger partial charge in [0.1, 0.15) is 0 Å². The number of hydrogen-bond donors (Lipinski definition) is 1. The number of aryl methyl sites for hydroxylation is 1. The first-order valence-electron chi connectivity index (χ1n) is 10.0. The van der Waals surface area contributed by atoms with Crippen LogP contribution in [0.2, 0.25) is 0 Å². The van der Waals surface area contributed by atoms with Gasteiger partial charge >= 0.3 is 6.03 Å². The van der Waals surface area contributed by atoms with Crippen LogP contribution in [0, 0.1) is 11.3 Å². The van der Waals surface area contributed by atoms with E-state index >= 15 is 0 Å². The third kappa shape index (κ3) is 3.44. The molecule has 3 amide bonds. The van der Waals surface area contributed by atoms with Crippen molar-refractivity contribution in [3.05, 3.63) is 29.8 Å². The zero-order chi connectivity index (χ0) is 18.1. The molecule has 0 aromatic heterocycles. The Morgan fingerprint density at radius 1 is 1.19 bits per heavy atom. The van der Waals surface area contributed by atoms with Gasteiger partial charge in [-0.05, 0) is 62.1 Å². The van der Waals surface area contributed by atoms with Gasteiger partial charge < -0.3 is 15.1 Å². The smallest absolute Gasteiger partial charge is 0.321 e. The van der Waals surface area contributed by atoms with E-state index < -0.39 is 0 Å². The van der Waals surface area contributed by atoms with Crippen molar-refractivity contribution >= 4 is 17.6 Å². The highest BCUT2D eigenvalue weighted by Gasteiger charge is 2.49. The third-order valence-corrected chi connectivity index (χ3v) is 6.25. The standard InChI is InChI=1S/C21H29N3O2/c1-2-16-6-8-18(9-7-16)22-20(26)24-13-11-21(15-24)10-3-12-23(19(21)25)14-17-4-5-17/h6-9,17H,2-5,10-15H2,1H3,(H,22,26)/t21-/m1/s1. The molecule has 3 aliphatic rings. The number of likely N-dealkylation sites (tertiary alicyclic amines) is 2. The minimum Gasteiger partial charge on any atom is -0.342 e. The SMILES string of the molecule is CCc1ccc(NC(=O)N2CC[C@]3(CCCN(CC4CC4)C3=O)C2)cc1. The molecule has 1 aromatic rings. The first-order valence-corrected chi connectivity index (χ1v) is 10.0. The molecule has 0 bridgehead atoms. The first kappa shape index (κ1) is 17.4. The molecule has 1 aliphatic carbocycles. The summed E-state index contributed by atoms with van der Waals surface area (Å²) in [5.41, 5.74) is 1.74. The molecule has 140 valence electrons. The van der Waals surface area contributed by atoms with Crippen molar-refractivity contribution < 1.29 is 9.59 Å². The van der Waals surface area contributed by atoms with Crippen molar-refractivity contribution in [2.75, 3.05) is 31.5 Å². The summed E-state index contributed by atoms with van der Waals surface area (Å²) in [6, 6.07) is 7.90. The van der Waals surface area contributed by atoms with E-state index in [0.29, 0.717) is 19.0 Å². The molecule has 1 spiro atoms. The molecule has 2 aliphatic heterocycles. The van der Waals surface area contributed by atoms with E-state index in [1.54, 1.807) is 0 Å². The van der Waals surface area contributed by atoms with Gasteiger partial charge in [-0.1, -0.05) is 19.1 Å². The van der Waals surface area contributed by atoms with Gasteiger partial charge in [0.05, 0.1) is 5.41 Å². The highest BCUT2D eigenvalue weighted by Crippen LogP contribution is 2.41. The van der Waals surface area contributed by atoms with Crippen LogP contribution >= 0.6 is 0 Å². The molecule has 2 heterocycles. The van der Waals surface area contributed by atoms with Gasteiger partial charge in [-0.2, -0.15) is 0 Å². The van der Waals surface area contributed by atoms with Crippen LogP contribution in [-0.4, -0.2) is 47.9 Å². The number of carbonyl (C=O) groups is 2. The van der Waals surface area contributed by atoms with Crippen molar-refractivity contribution in [2.45, 2.75) is 45.4 Å². The number of anilines is 1. The van der Waals surface area contributed by atoms with E-state index in [2.05, 4.69) is 17.1 Å². The predicted octanol–water partition coefficient (Wildman–Crippen LogP) is 3.51. The van der Waals surface area contributed by atoms with Crippen LogP contribution in [0.25, 0.3) is 0 Å². The second-order valence-corrected chi connectivity index (χ2v) is 8.23. The van der Waals surface area contributed by atoms with E-state index in [1.807, 2.05) is 29.2 Å². The van der Waals surface area contributed by atoms with Gasteiger partial charge in [0.25, 0.3) is 0 Å². The summed E-state index contributed by atoms with van der Waals surface area (Å²) in [7, 11) is 0. The Hall–Kier alpha value is -2.04. The average Bonchev–Trinajstić information content (AvgIpc) is 3.37. The number of nitrogens with zero attached hydrogens (tertiary/aromatic N) is 2. The molecular formula is C21H29N3O2. The lowest BCUT2D eigenvalue weighted by Crippen LogP contribution is -2.51. The summed E-state index contributed by atoms with van der Waals surface area (Å²) in [5, 5.41) is 2.99. The number of benzene rings is 1. The molecule has 5 nitrogen and oxygen atoms in total. The molecule has 1 atom stereocenters. The number of piperidine rings is 1. The Labute approximate surface area is 155 Å². The van der Waals surface area contributed by atoms with Gasteiger partial charge in [-0.15, -0.1) is 0 Å². The Morgan fingerprint density at radius 3 is 2.65 bits per heavy atom. The molecule has 1 saturated carbocycles. The fourth-order valence-corrected chi connectivity index (χ4v) is 4.39. The first-order chi connectivity index (χ1) is 12.6. The zero-order valence-corrected chi connectivity index (χ0v) is 15.7. The summed E-state index contributed by atoms with van der Waals surface area (Å²) in [4.78, 5) is 29.6. The largest absolute Gasteiger partial charge is 0.342 e. The fraction of sp³-hybridized carbons (Fsp3) is 0.619.